The van der Waals surface area contributed by atoms with Crippen LogP contribution in [0.5, 0.6) is 0 Å². The molecule has 1 nitrogen and oxygen atoms in total. The van der Waals surface area contributed by atoms with Gasteiger partial charge in [-0.1, -0.05) is 48.9 Å². The van der Waals surface area contributed by atoms with Gasteiger partial charge in [0.15, 0.2) is 0 Å². The Kier molecular flexibility index (Phi) is 3.34. The molecule has 3 rings (SSSR count). The highest BCUT2D eigenvalue weighted by Crippen LogP contribution is 2.36. The third-order valence-corrected chi connectivity index (χ3v) is 4.03. The minimum Gasteiger partial charge on any atom is -0.384 e. The van der Waals surface area contributed by atoms with Gasteiger partial charge in [-0.15, -0.1) is 0 Å². The molecule has 1 aliphatic rings. The van der Waals surface area contributed by atoms with Crippen LogP contribution in [0.3, 0.4) is 0 Å². The fourth-order valence-electron chi connectivity index (χ4n) is 2.57. The van der Waals surface area contributed by atoms with Gasteiger partial charge >= 0.3 is 0 Å². The predicted molar refractivity (Wildman–Crippen MR) is 73.5 cm³/mol. The van der Waals surface area contributed by atoms with Crippen molar-refractivity contribution >= 4 is 0 Å². The van der Waals surface area contributed by atoms with Gasteiger partial charge in [0, 0.05) is 5.56 Å². The molecule has 0 amide bonds. The minimum atomic E-state index is -0.892. The zero-order valence-corrected chi connectivity index (χ0v) is 10.7. The standard InChI is InChI=1S/C17H17FO/c18-16-7-2-1-6-15(16)17(19)14-10-8-13(9-11-14)12-4-3-5-12/h1-2,6-12,17,19H,3-5H2. The summed E-state index contributed by atoms with van der Waals surface area (Å²) in [6.07, 6.45) is 2.94. The summed E-state index contributed by atoms with van der Waals surface area (Å²) in [4.78, 5) is 0. The van der Waals surface area contributed by atoms with Crippen LogP contribution >= 0.6 is 0 Å². The molecule has 0 aliphatic heterocycles. The van der Waals surface area contributed by atoms with Gasteiger partial charge in [-0.05, 0) is 36.0 Å². The van der Waals surface area contributed by atoms with Crippen molar-refractivity contribution in [3.8, 4) is 0 Å². The first kappa shape index (κ1) is 12.4. The zero-order chi connectivity index (χ0) is 13.2. The van der Waals surface area contributed by atoms with Crippen LogP contribution in [0.15, 0.2) is 48.5 Å². The van der Waals surface area contributed by atoms with E-state index >= 15 is 0 Å². The quantitative estimate of drug-likeness (QED) is 0.873. The van der Waals surface area contributed by atoms with E-state index in [1.54, 1.807) is 18.2 Å². The number of benzene rings is 2. The molecule has 0 spiro atoms. The van der Waals surface area contributed by atoms with E-state index in [-0.39, 0.29) is 5.82 Å². The number of halogens is 1. The topological polar surface area (TPSA) is 20.2 Å². The molecule has 2 heteroatoms. The highest BCUT2D eigenvalue weighted by atomic mass is 19.1. The maximum Gasteiger partial charge on any atom is 0.129 e. The second-order valence-corrected chi connectivity index (χ2v) is 5.22. The minimum absolute atomic E-state index is 0.332. The zero-order valence-electron chi connectivity index (χ0n) is 10.7. The molecule has 0 radical (unpaired) electrons. The summed E-state index contributed by atoms with van der Waals surface area (Å²) in [5.41, 5.74) is 2.41. The van der Waals surface area contributed by atoms with Crippen molar-refractivity contribution in [3.05, 3.63) is 71.0 Å². The molecule has 98 valence electrons. The second-order valence-electron chi connectivity index (χ2n) is 5.22. The third kappa shape index (κ3) is 2.41. The summed E-state index contributed by atoms with van der Waals surface area (Å²) < 4.78 is 13.6. The molecule has 1 aliphatic carbocycles. The van der Waals surface area contributed by atoms with Gasteiger partial charge in [0.1, 0.15) is 11.9 Å². The van der Waals surface area contributed by atoms with Crippen molar-refractivity contribution in [1.82, 2.24) is 0 Å². The van der Waals surface area contributed by atoms with E-state index in [1.807, 2.05) is 12.1 Å². The summed E-state index contributed by atoms with van der Waals surface area (Å²) in [5, 5.41) is 10.2. The monoisotopic (exact) mass is 256 g/mol. The predicted octanol–water partition coefficient (Wildman–Crippen LogP) is 4.17. The van der Waals surface area contributed by atoms with E-state index in [9.17, 15) is 9.50 Å². The highest BCUT2D eigenvalue weighted by molar-refractivity contribution is 5.34. The van der Waals surface area contributed by atoms with Crippen molar-refractivity contribution in [2.75, 3.05) is 0 Å². The summed E-state index contributed by atoms with van der Waals surface area (Å²) >= 11 is 0. The molecule has 1 fully saturated rings. The molecule has 2 aromatic rings. The van der Waals surface area contributed by atoms with Gasteiger partial charge in [-0.25, -0.2) is 4.39 Å². The summed E-state index contributed by atoms with van der Waals surface area (Å²) in [7, 11) is 0. The van der Waals surface area contributed by atoms with Gasteiger partial charge in [-0.2, -0.15) is 0 Å². The molecule has 1 atom stereocenters. The number of aliphatic hydroxyl groups excluding tert-OH is 1. The Morgan fingerprint density at radius 1 is 1.00 bits per heavy atom. The van der Waals surface area contributed by atoms with Crippen LogP contribution in [0.2, 0.25) is 0 Å². The molecular weight excluding hydrogens is 239 g/mol. The van der Waals surface area contributed by atoms with Crippen molar-refractivity contribution < 1.29 is 9.50 Å². The number of hydrogen-bond acceptors (Lipinski definition) is 1. The average Bonchev–Trinajstić information content (AvgIpc) is 2.37. The molecular formula is C17H17FO. The van der Waals surface area contributed by atoms with Gasteiger partial charge in [0.05, 0.1) is 0 Å². The first-order valence-corrected chi connectivity index (χ1v) is 6.78. The lowest BCUT2D eigenvalue weighted by molar-refractivity contribution is 0.215. The van der Waals surface area contributed by atoms with Crippen molar-refractivity contribution in [2.24, 2.45) is 0 Å². The van der Waals surface area contributed by atoms with Crippen LogP contribution in [-0.2, 0) is 0 Å². The van der Waals surface area contributed by atoms with Crippen molar-refractivity contribution in [2.45, 2.75) is 31.3 Å². The number of hydrogen-bond donors (Lipinski definition) is 1. The maximum atomic E-state index is 13.6. The molecule has 0 aromatic heterocycles. The smallest absolute Gasteiger partial charge is 0.129 e. The molecule has 0 saturated heterocycles. The Hall–Kier alpha value is -1.67. The van der Waals surface area contributed by atoms with E-state index in [1.165, 1.54) is 30.9 Å². The molecule has 0 bridgehead atoms. The number of aliphatic hydroxyl groups is 1. The Balaban J connectivity index is 1.83. The molecule has 2 aromatic carbocycles. The SMILES string of the molecule is OC(c1ccc(C2CCC2)cc1)c1ccccc1F. The molecule has 1 unspecified atom stereocenters. The molecule has 0 heterocycles. The Bertz CT molecular complexity index is 558. The second kappa shape index (κ2) is 5.14. The van der Waals surface area contributed by atoms with Crippen LogP contribution in [0, 0.1) is 5.82 Å². The highest BCUT2D eigenvalue weighted by Gasteiger charge is 2.20. The van der Waals surface area contributed by atoms with Crippen molar-refractivity contribution in [1.29, 1.82) is 0 Å². The Morgan fingerprint density at radius 2 is 1.68 bits per heavy atom. The fraction of sp³-hybridized carbons (Fsp3) is 0.294. The van der Waals surface area contributed by atoms with Crippen LogP contribution in [0.25, 0.3) is 0 Å². The van der Waals surface area contributed by atoms with E-state index in [4.69, 9.17) is 0 Å². The van der Waals surface area contributed by atoms with Gasteiger partial charge in [-0.3, -0.25) is 0 Å². The lowest BCUT2D eigenvalue weighted by atomic mass is 9.80. The van der Waals surface area contributed by atoms with E-state index in [0.29, 0.717) is 11.5 Å². The summed E-state index contributed by atoms with van der Waals surface area (Å²) in [5.74, 6) is 0.317. The Morgan fingerprint density at radius 3 is 2.26 bits per heavy atom. The van der Waals surface area contributed by atoms with E-state index in [0.717, 1.165) is 5.56 Å². The van der Waals surface area contributed by atoms with E-state index < -0.39 is 6.10 Å². The largest absolute Gasteiger partial charge is 0.384 e. The average molecular weight is 256 g/mol. The van der Waals surface area contributed by atoms with Crippen LogP contribution in [0.4, 0.5) is 4.39 Å². The lowest BCUT2D eigenvalue weighted by Crippen LogP contribution is -2.09. The van der Waals surface area contributed by atoms with Gasteiger partial charge < -0.3 is 5.11 Å². The normalized spacial score (nSPS) is 16.9. The van der Waals surface area contributed by atoms with Crippen molar-refractivity contribution in [3.63, 3.8) is 0 Å². The van der Waals surface area contributed by atoms with Gasteiger partial charge in [0.25, 0.3) is 0 Å². The van der Waals surface area contributed by atoms with Crippen LogP contribution in [0.1, 0.15) is 48.0 Å². The summed E-state index contributed by atoms with van der Waals surface area (Å²) in [6, 6.07) is 14.3. The fourth-order valence-corrected chi connectivity index (χ4v) is 2.57. The number of rotatable bonds is 3. The molecule has 19 heavy (non-hydrogen) atoms. The third-order valence-electron chi connectivity index (χ3n) is 4.03. The molecule has 1 saturated carbocycles. The first-order chi connectivity index (χ1) is 9.25. The maximum absolute atomic E-state index is 13.6. The van der Waals surface area contributed by atoms with Crippen LogP contribution < -0.4 is 0 Å². The summed E-state index contributed by atoms with van der Waals surface area (Å²) in [6.45, 7) is 0. The Labute approximate surface area is 112 Å². The molecule has 1 N–H and O–H groups in total. The lowest BCUT2D eigenvalue weighted by Gasteiger charge is -2.26. The van der Waals surface area contributed by atoms with E-state index in [2.05, 4.69) is 12.1 Å². The first-order valence-electron chi connectivity index (χ1n) is 6.78. The van der Waals surface area contributed by atoms with Gasteiger partial charge in [0.2, 0.25) is 0 Å². The van der Waals surface area contributed by atoms with Crippen LogP contribution in [-0.4, -0.2) is 5.11 Å².